The second-order valence-corrected chi connectivity index (χ2v) is 3.62. The van der Waals surface area contributed by atoms with Gasteiger partial charge in [-0.2, -0.15) is 18.3 Å². The molecule has 18 heavy (non-hydrogen) atoms. The Bertz CT molecular complexity index is 519. The van der Waals surface area contributed by atoms with Crippen molar-refractivity contribution < 1.29 is 17.9 Å². The summed E-state index contributed by atoms with van der Waals surface area (Å²) in [4.78, 5) is 3.60. The largest absolute Gasteiger partial charge is 0.471 e. The van der Waals surface area contributed by atoms with Crippen LogP contribution in [0.25, 0.3) is 0 Å². The quantitative estimate of drug-likeness (QED) is 0.847. The van der Waals surface area contributed by atoms with E-state index in [4.69, 9.17) is 4.74 Å². The fraction of sp³-hybridized carbons (Fsp3) is 0.273. The van der Waals surface area contributed by atoms with Crippen LogP contribution in [0.5, 0.6) is 5.88 Å². The van der Waals surface area contributed by atoms with E-state index in [-0.39, 0.29) is 12.5 Å². The summed E-state index contributed by atoms with van der Waals surface area (Å²) in [5.41, 5.74) is 0.00656. The lowest BCUT2D eigenvalue weighted by Crippen LogP contribution is -2.07. The van der Waals surface area contributed by atoms with Gasteiger partial charge in [0.2, 0.25) is 5.88 Å². The predicted octanol–water partition coefficient (Wildman–Crippen LogP) is 2.41. The minimum atomic E-state index is -4.38. The first-order valence-corrected chi connectivity index (χ1v) is 5.10. The van der Waals surface area contributed by atoms with E-state index in [9.17, 15) is 13.2 Å². The third kappa shape index (κ3) is 2.79. The van der Waals surface area contributed by atoms with Gasteiger partial charge < -0.3 is 4.74 Å². The molecular weight excluding hydrogens is 247 g/mol. The van der Waals surface area contributed by atoms with Gasteiger partial charge in [0.15, 0.2) is 0 Å². The van der Waals surface area contributed by atoms with Crippen molar-refractivity contribution in [3.63, 3.8) is 0 Å². The minimum Gasteiger partial charge on any atom is -0.471 e. The highest BCUT2D eigenvalue weighted by atomic mass is 19.4. The van der Waals surface area contributed by atoms with Crippen molar-refractivity contribution >= 4 is 0 Å². The monoisotopic (exact) mass is 257 g/mol. The number of pyridine rings is 1. The van der Waals surface area contributed by atoms with Crippen LogP contribution in [0, 0.1) is 0 Å². The molecule has 2 aromatic rings. The molecule has 0 radical (unpaired) electrons. The number of halogens is 3. The zero-order chi connectivity index (χ0) is 13.2. The van der Waals surface area contributed by atoms with Crippen molar-refractivity contribution in [2.75, 3.05) is 0 Å². The van der Waals surface area contributed by atoms with Crippen molar-refractivity contribution in [2.45, 2.75) is 12.8 Å². The van der Waals surface area contributed by atoms with Crippen LogP contribution >= 0.6 is 0 Å². The number of hydrogen-bond donors (Lipinski definition) is 0. The molecule has 0 fully saturated rings. The van der Waals surface area contributed by atoms with E-state index in [1.54, 1.807) is 24.0 Å². The van der Waals surface area contributed by atoms with E-state index < -0.39 is 11.7 Å². The van der Waals surface area contributed by atoms with Gasteiger partial charge in [-0.3, -0.25) is 4.68 Å². The number of nitrogens with zero attached hydrogens (tertiary/aromatic N) is 3. The van der Waals surface area contributed by atoms with Crippen LogP contribution in [0.3, 0.4) is 0 Å². The Balaban J connectivity index is 2.01. The van der Waals surface area contributed by atoms with Gasteiger partial charge in [-0.25, -0.2) is 4.98 Å². The number of rotatable bonds is 3. The van der Waals surface area contributed by atoms with Gasteiger partial charge in [0, 0.05) is 25.5 Å². The first-order valence-electron chi connectivity index (χ1n) is 5.10. The molecule has 0 spiro atoms. The zero-order valence-electron chi connectivity index (χ0n) is 9.48. The highest BCUT2D eigenvalue weighted by Gasteiger charge is 2.30. The van der Waals surface area contributed by atoms with Crippen molar-refractivity contribution in [2.24, 2.45) is 7.05 Å². The zero-order valence-corrected chi connectivity index (χ0v) is 9.48. The predicted molar refractivity (Wildman–Crippen MR) is 56.8 cm³/mol. The normalized spacial score (nSPS) is 11.6. The van der Waals surface area contributed by atoms with Crippen LogP contribution in [0.15, 0.2) is 30.6 Å². The highest BCUT2D eigenvalue weighted by molar-refractivity contribution is 5.20. The molecule has 2 aromatic heterocycles. The number of aromatic nitrogens is 3. The molecule has 0 aliphatic rings. The van der Waals surface area contributed by atoms with Gasteiger partial charge in [0.1, 0.15) is 6.61 Å². The number of aryl methyl sites for hydroxylation is 1. The summed E-state index contributed by atoms with van der Waals surface area (Å²) in [5, 5.41) is 3.94. The number of hydrogen-bond acceptors (Lipinski definition) is 3. The second-order valence-electron chi connectivity index (χ2n) is 3.62. The van der Waals surface area contributed by atoms with Crippen LogP contribution in [-0.2, 0) is 19.8 Å². The van der Waals surface area contributed by atoms with E-state index in [0.29, 0.717) is 0 Å². The lowest BCUT2D eigenvalue weighted by Gasteiger charge is -2.08. The smallest absolute Gasteiger partial charge is 0.417 e. The Kier molecular flexibility index (Phi) is 3.22. The Hall–Kier alpha value is -2.05. The number of ether oxygens (including phenoxy) is 1. The molecule has 0 unspecified atom stereocenters. The van der Waals surface area contributed by atoms with E-state index in [1.807, 2.05) is 0 Å². The second kappa shape index (κ2) is 4.67. The van der Waals surface area contributed by atoms with Gasteiger partial charge in [-0.05, 0) is 12.1 Å². The minimum absolute atomic E-state index is 0.143. The molecular formula is C11H10F3N3O. The Morgan fingerprint density at radius 2 is 2.06 bits per heavy atom. The molecule has 7 heteroatoms. The van der Waals surface area contributed by atoms with Crippen molar-refractivity contribution in [1.29, 1.82) is 0 Å². The maximum atomic E-state index is 12.3. The van der Waals surface area contributed by atoms with E-state index >= 15 is 0 Å². The molecule has 0 bridgehead atoms. The molecule has 2 heterocycles. The molecule has 4 nitrogen and oxygen atoms in total. The summed E-state index contributed by atoms with van der Waals surface area (Å²) in [5.74, 6) is 0.143. The number of alkyl halides is 3. The first-order chi connectivity index (χ1) is 8.47. The van der Waals surface area contributed by atoms with Gasteiger partial charge in [-0.1, -0.05) is 0 Å². The third-order valence-electron chi connectivity index (χ3n) is 2.35. The summed E-state index contributed by atoms with van der Waals surface area (Å²) in [7, 11) is 1.75. The van der Waals surface area contributed by atoms with Crippen LogP contribution in [0.1, 0.15) is 11.3 Å². The van der Waals surface area contributed by atoms with E-state index in [1.165, 1.54) is 6.07 Å². The molecule has 0 amide bonds. The molecule has 0 saturated carbocycles. The topological polar surface area (TPSA) is 39.9 Å². The molecule has 2 rings (SSSR count). The Morgan fingerprint density at radius 1 is 1.28 bits per heavy atom. The Morgan fingerprint density at radius 3 is 2.56 bits per heavy atom. The van der Waals surface area contributed by atoms with Gasteiger partial charge in [0.05, 0.1) is 11.3 Å². The first kappa shape index (κ1) is 12.4. The van der Waals surface area contributed by atoms with Crippen molar-refractivity contribution in [3.05, 3.63) is 41.9 Å². The van der Waals surface area contributed by atoms with E-state index in [0.717, 1.165) is 18.0 Å². The molecule has 0 aliphatic carbocycles. The fourth-order valence-electron chi connectivity index (χ4n) is 1.32. The average Bonchev–Trinajstić information content (AvgIpc) is 2.72. The third-order valence-corrected chi connectivity index (χ3v) is 2.35. The van der Waals surface area contributed by atoms with E-state index in [2.05, 4.69) is 10.1 Å². The van der Waals surface area contributed by atoms with Crippen LogP contribution in [0.4, 0.5) is 13.2 Å². The van der Waals surface area contributed by atoms with Crippen molar-refractivity contribution in [1.82, 2.24) is 14.8 Å². The summed E-state index contributed by atoms with van der Waals surface area (Å²) in [6.07, 6.45) is -2.02. The lowest BCUT2D eigenvalue weighted by molar-refractivity contribution is -0.137. The van der Waals surface area contributed by atoms with Crippen LogP contribution in [0.2, 0.25) is 0 Å². The molecule has 0 aliphatic heterocycles. The lowest BCUT2D eigenvalue weighted by atomic mass is 10.3. The standard InChI is InChI=1S/C11H10F3N3O/c1-17-9(4-5-16-17)7-18-10-3-2-8(6-15-10)11(12,13)14/h2-6H,7H2,1H3. The maximum absolute atomic E-state index is 12.3. The summed E-state index contributed by atoms with van der Waals surface area (Å²) in [6, 6.07) is 3.88. The van der Waals surface area contributed by atoms with Gasteiger partial charge >= 0.3 is 6.18 Å². The average molecular weight is 257 g/mol. The summed E-state index contributed by atoms with van der Waals surface area (Å²) in [6.45, 7) is 0.203. The molecule has 0 aromatic carbocycles. The molecule has 96 valence electrons. The molecule has 0 atom stereocenters. The Labute approximate surface area is 101 Å². The maximum Gasteiger partial charge on any atom is 0.417 e. The summed E-state index contributed by atoms with van der Waals surface area (Å²) < 4.78 is 43.7. The van der Waals surface area contributed by atoms with Gasteiger partial charge in [0.25, 0.3) is 0 Å². The molecule has 0 N–H and O–H groups in total. The summed E-state index contributed by atoms with van der Waals surface area (Å²) >= 11 is 0. The van der Waals surface area contributed by atoms with Crippen molar-refractivity contribution in [3.8, 4) is 5.88 Å². The SMILES string of the molecule is Cn1nccc1COc1ccc(C(F)(F)F)cn1. The molecule has 0 saturated heterocycles. The van der Waals surface area contributed by atoms with Crippen LogP contribution < -0.4 is 4.74 Å². The van der Waals surface area contributed by atoms with Crippen LogP contribution in [-0.4, -0.2) is 14.8 Å². The highest BCUT2D eigenvalue weighted by Crippen LogP contribution is 2.29. The van der Waals surface area contributed by atoms with Gasteiger partial charge in [-0.15, -0.1) is 0 Å². The fourth-order valence-corrected chi connectivity index (χ4v) is 1.32.